The molecule has 0 radical (unpaired) electrons. The minimum atomic E-state index is -3.82. The molecule has 0 aromatic heterocycles. The molecule has 0 aliphatic carbocycles. The highest BCUT2D eigenvalue weighted by Crippen LogP contribution is 2.26. The van der Waals surface area contributed by atoms with Crippen LogP contribution in [0.3, 0.4) is 0 Å². The highest BCUT2D eigenvalue weighted by molar-refractivity contribution is 7.89. The molecule has 1 aliphatic heterocycles. The average molecular weight is 335 g/mol. The Morgan fingerprint density at radius 3 is 2.71 bits per heavy atom. The smallest absolute Gasteiger partial charge is 0.266 e. The molecule has 1 heterocycles. The van der Waals surface area contributed by atoms with Crippen molar-refractivity contribution in [2.45, 2.75) is 17.7 Å². The zero-order valence-electron chi connectivity index (χ0n) is 11.8. The molecule has 0 bridgehead atoms. The first-order valence-corrected chi connectivity index (χ1v) is 8.58. The van der Waals surface area contributed by atoms with Crippen molar-refractivity contribution in [2.24, 2.45) is 0 Å². The van der Waals surface area contributed by atoms with Crippen molar-refractivity contribution in [2.75, 3.05) is 33.4 Å². The summed E-state index contributed by atoms with van der Waals surface area (Å²) in [6.45, 7) is 3.08. The van der Waals surface area contributed by atoms with Gasteiger partial charge in [-0.3, -0.25) is 4.84 Å². The second kappa shape index (κ2) is 7.42. The molecule has 118 valence electrons. The molecule has 1 saturated heterocycles. The van der Waals surface area contributed by atoms with Crippen molar-refractivity contribution in [3.05, 3.63) is 23.2 Å². The van der Waals surface area contributed by atoms with Crippen molar-refractivity contribution < 1.29 is 18.0 Å². The normalized spacial score (nSPS) is 16.3. The van der Waals surface area contributed by atoms with E-state index in [0.29, 0.717) is 18.2 Å². The largest absolute Gasteiger partial charge is 0.495 e. The van der Waals surface area contributed by atoms with E-state index in [1.54, 1.807) is 6.07 Å². The number of nitrogens with zero attached hydrogens (tertiary/aromatic N) is 1. The number of hydrogen-bond acceptors (Lipinski definition) is 5. The summed E-state index contributed by atoms with van der Waals surface area (Å²) in [4.78, 5) is 9.37. The van der Waals surface area contributed by atoms with E-state index in [0.717, 1.165) is 13.1 Å². The van der Waals surface area contributed by atoms with Crippen molar-refractivity contribution >= 4 is 21.6 Å². The molecule has 0 spiro atoms. The van der Waals surface area contributed by atoms with Crippen molar-refractivity contribution in [3.63, 3.8) is 0 Å². The molecule has 21 heavy (non-hydrogen) atoms. The Labute approximate surface area is 130 Å². The van der Waals surface area contributed by atoms with E-state index < -0.39 is 10.0 Å². The Balaban J connectivity index is 1.93. The molecule has 1 N–H and O–H groups in total. The predicted molar refractivity (Wildman–Crippen MR) is 80.0 cm³/mol. The van der Waals surface area contributed by atoms with Crippen molar-refractivity contribution in [1.82, 2.24) is 9.79 Å². The molecule has 1 aromatic carbocycles. The van der Waals surface area contributed by atoms with Gasteiger partial charge in [0.05, 0.1) is 13.7 Å². The lowest BCUT2D eigenvalue weighted by Gasteiger charge is -2.15. The second-order valence-corrected chi connectivity index (χ2v) is 6.83. The van der Waals surface area contributed by atoms with E-state index >= 15 is 0 Å². The van der Waals surface area contributed by atoms with Crippen LogP contribution in [0.15, 0.2) is 23.1 Å². The van der Waals surface area contributed by atoms with Gasteiger partial charge < -0.3 is 9.64 Å². The first-order valence-electron chi connectivity index (χ1n) is 6.72. The maximum absolute atomic E-state index is 12.2. The molecule has 8 heteroatoms. The number of benzene rings is 1. The molecule has 0 unspecified atom stereocenters. The van der Waals surface area contributed by atoms with Crippen LogP contribution in [0.5, 0.6) is 5.75 Å². The van der Waals surface area contributed by atoms with Crippen LogP contribution in [-0.4, -0.2) is 46.7 Å². The number of methoxy groups -OCH3 is 1. The first kappa shape index (κ1) is 16.5. The average Bonchev–Trinajstić information content (AvgIpc) is 2.97. The van der Waals surface area contributed by atoms with Gasteiger partial charge in [-0.2, -0.15) is 0 Å². The lowest BCUT2D eigenvalue weighted by molar-refractivity contribution is 0.0755. The number of halogens is 1. The van der Waals surface area contributed by atoms with Crippen LogP contribution < -0.4 is 9.62 Å². The van der Waals surface area contributed by atoms with Gasteiger partial charge in [-0.25, -0.2) is 8.42 Å². The summed E-state index contributed by atoms with van der Waals surface area (Å²) in [7, 11) is -2.42. The van der Waals surface area contributed by atoms with Crippen LogP contribution in [0.4, 0.5) is 0 Å². The monoisotopic (exact) mass is 334 g/mol. The van der Waals surface area contributed by atoms with Gasteiger partial charge in [-0.05, 0) is 44.1 Å². The lowest BCUT2D eigenvalue weighted by Crippen LogP contribution is -2.30. The maximum Gasteiger partial charge on any atom is 0.266 e. The van der Waals surface area contributed by atoms with Crippen LogP contribution >= 0.6 is 11.6 Å². The van der Waals surface area contributed by atoms with E-state index in [1.165, 1.54) is 32.1 Å². The number of likely N-dealkylation sites (tertiary alicyclic amines) is 1. The van der Waals surface area contributed by atoms with Gasteiger partial charge >= 0.3 is 0 Å². The molecular weight excluding hydrogens is 316 g/mol. The van der Waals surface area contributed by atoms with Gasteiger partial charge in [-0.15, -0.1) is 0 Å². The molecule has 1 aliphatic rings. The molecule has 1 fully saturated rings. The molecule has 1 aromatic rings. The summed E-state index contributed by atoms with van der Waals surface area (Å²) in [5, 5.41) is 0.313. The summed E-state index contributed by atoms with van der Waals surface area (Å²) < 4.78 is 29.4. The Morgan fingerprint density at radius 1 is 1.33 bits per heavy atom. The fraction of sp³-hybridized carbons (Fsp3) is 0.538. The van der Waals surface area contributed by atoms with Gasteiger partial charge in [0.2, 0.25) is 0 Å². The van der Waals surface area contributed by atoms with Crippen LogP contribution in [0, 0.1) is 0 Å². The molecule has 0 atom stereocenters. The van der Waals surface area contributed by atoms with E-state index in [2.05, 4.69) is 9.79 Å². The van der Waals surface area contributed by atoms with E-state index in [-0.39, 0.29) is 10.6 Å². The molecule has 2 rings (SSSR count). The summed E-state index contributed by atoms with van der Waals surface area (Å²) in [6, 6.07) is 4.39. The van der Waals surface area contributed by atoms with Gasteiger partial charge in [0.25, 0.3) is 10.0 Å². The van der Waals surface area contributed by atoms with Crippen molar-refractivity contribution in [1.29, 1.82) is 0 Å². The Bertz CT molecular complexity index is 574. The summed E-state index contributed by atoms with van der Waals surface area (Å²) in [5.74, 6) is 0.218. The molecule has 0 amide bonds. The SMILES string of the molecule is COc1ccc(Cl)cc1S(=O)(=O)NOCCN1CCCC1. The number of rotatable bonds is 7. The number of ether oxygens (including phenoxy) is 1. The predicted octanol–water partition coefficient (Wildman–Crippen LogP) is 1.65. The highest BCUT2D eigenvalue weighted by atomic mass is 35.5. The maximum atomic E-state index is 12.2. The van der Waals surface area contributed by atoms with Gasteiger partial charge in [0.1, 0.15) is 10.6 Å². The summed E-state index contributed by atoms with van der Waals surface area (Å²) in [5.41, 5.74) is 0. The zero-order valence-corrected chi connectivity index (χ0v) is 13.4. The Morgan fingerprint density at radius 2 is 2.05 bits per heavy atom. The van der Waals surface area contributed by atoms with E-state index in [4.69, 9.17) is 21.2 Å². The van der Waals surface area contributed by atoms with Crippen LogP contribution in [-0.2, 0) is 14.9 Å². The van der Waals surface area contributed by atoms with Crippen LogP contribution in [0.2, 0.25) is 5.02 Å². The zero-order chi connectivity index (χ0) is 15.3. The van der Waals surface area contributed by atoms with E-state index in [9.17, 15) is 8.42 Å². The minimum absolute atomic E-state index is 0.0429. The molecule has 0 saturated carbocycles. The topological polar surface area (TPSA) is 67.9 Å². The standard InChI is InChI=1S/C13H19ClN2O4S/c1-19-12-5-4-11(14)10-13(12)21(17,18)15-20-9-8-16-6-2-3-7-16/h4-5,10,15H,2-3,6-9H2,1H3. The third-order valence-electron chi connectivity index (χ3n) is 3.29. The fourth-order valence-electron chi connectivity index (χ4n) is 2.21. The number of sulfonamides is 1. The molecular formula is C13H19ClN2O4S. The van der Waals surface area contributed by atoms with E-state index in [1.807, 2.05) is 0 Å². The fourth-order valence-corrected chi connectivity index (χ4v) is 3.47. The number of hydrogen-bond donors (Lipinski definition) is 1. The molecule has 6 nitrogen and oxygen atoms in total. The van der Waals surface area contributed by atoms with Crippen LogP contribution in [0.25, 0.3) is 0 Å². The van der Waals surface area contributed by atoms with Gasteiger partial charge in [0, 0.05) is 11.6 Å². The van der Waals surface area contributed by atoms with Gasteiger partial charge in [-0.1, -0.05) is 16.5 Å². The van der Waals surface area contributed by atoms with Crippen molar-refractivity contribution in [3.8, 4) is 5.75 Å². The quantitative estimate of drug-likeness (QED) is 0.606. The third-order valence-corrected chi connectivity index (χ3v) is 4.76. The first-order chi connectivity index (χ1) is 10.0. The van der Waals surface area contributed by atoms with Crippen LogP contribution in [0.1, 0.15) is 12.8 Å². The summed E-state index contributed by atoms with van der Waals surface area (Å²) >= 11 is 5.83. The van der Waals surface area contributed by atoms with Gasteiger partial charge in [0.15, 0.2) is 0 Å². The lowest BCUT2D eigenvalue weighted by atomic mass is 10.3. The summed E-state index contributed by atoms with van der Waals surface area (Å²) in [6.07, 6.45) is 2.37. The number of nitrogens with one attached hydrogen (secondary N) is 1. The minimum Gasteiger partial charge on any atom is -0.495 e. The Hall–Kier alpha value is -0.860. The highest BCUT2D eigenvalue weighted by Gasteiger charge is 2.20. The Kier molecular flexibility index (Phi) is 5.83. The third kappa shape index (κ3) is 4.55. The second-order valence-electron chi connectivity index (χ2n) is 4.78.